The number of aliphatic hydroxyl groups excluding tert-OH is 1. The van der Waals surface area contributed by atoms with Gasteiger partial charge in [-0.25, -0.2) is 9.36 Å². The molecule has 2 unspecified atom stereocenters. The van der Waals surface area contributed by atoms with Crippen molar-refractivity contribution in [2.75, 3.05) is 19.8 Å². The van der Waals surface area contributed by atoms with Crippen LogP contribution >= 0.6 is 7.60 Å². The van der Waals surface area contributed by atoms with Crippen LogP contribution in [0.5, 0.6) is 0 Å². The van der Waals surface area contributed by atoms with E-state index < -0.39 is 26.2 Å². The number of ether oxygens (including phenoxy) is 2. The van der Waals surface area contributed by atoms with Gasteiger partial charge in [0, 0.05) is 6.61 Å². The summed E-state index contributed by atoms with van der Waals surface area (Å²) in [6.07, 6.45) is 19.3. The monoisotopic (exact) mass is 466 g/mol. The van der Waals surface area contributed by atoms with E-state index in [0.29, 0.717) is 6.61 Å². The Morgan fingerprint density at radius 2 is 1.19 bits per heavy atom. The van der Waals surface area contributed by atoms with Crippen LogP contribution in [0.25, 0.3) is 0 Å². The van der Waals surface area contributed by atoms with Crippen LogP contribution in [0.2, 0.25) is 0 Å². The average molecular weight is 467 g/mol. The molecule has 31 heavy (non-hydrogen) atoms. The molecule has 0 saturated carbocycles. The summed E-state index contributed by atoms with van der Waals surface area (Å²) in [5.41, 5.74) is -1.38. The fourth-order valence-corrected chi connectivity index (χ4v) is 4.06. The summed E-state index contributed by atoms with van der Waals surface area (Å²) in [6.45, 7) is 3.54. The zero-order chi connectivity index (χ0) is 23.2. The molecule has 0 aromatic carbocycles. The molecule has 7 nitrogen and oxygen atoms in total. The van der Waals surface area contributed by atoms with Crippen molar-refractivity contribution in [3.63, 3.8) is 0 Å². The zero-order valence-electron chi connectivity index (χ0n) is 19.9. The van der Waals surface area contributed by atoms with Crippen molar-refractivity contribution in [2.24, 2.45) is 0 Å². The molecular weight excluding hydrogens is 419 g/mol. The van der Waals surface area contributed by atoms with Crippen molar-refractivity contribution >= 4 is 13.3 Å². The summed E-state index contributed by atoms with van der Waals surface area (Å²) in [5.74, 6) is 0. The normalized spacial score (nSPS) is 14.3. The van der Waals surface area contributed by atoms with Crippen LogP contribution in [0, 0.1) is 0 Å². The van der Waals surface area contributed by atoms with Gasteiger partial charge in [-0.05, 0) is 13.3 Å². The highest BCUT2D eigenvalue weighted by atomic mass is 31.2. The highest BCUT2D eigenvalue weighted by Crippen LogP contribution is 2.43. The van der Waals surface area contributed by atoms with E-state index in [9.17, 15) is 19.4 Å². The lowest BCUT2D eigenvalue weighted by atomic mass is 10.0. The van der Waals surface area contributed by atoms with Gasteiger partial charge in [0.05, 0.1) is 6.61 Å². The quantitative estimate of drug-likeness (QED) is 0.0955. The fraction of sp³-hybridized carbons (Fsp3) is 0.957. The second kappa shape index (κ2) is 21.4. The van der Waals surface area contributed by atoms with Gasteiger partial charge in [-0.15, -0.1) is 0 Å². The van der Waals surface area contributed by atoms with Gasteiger partial charge in [-0.1, -0.05) is 103 Å². The molecule has 0 fully saturated rings. The van der Waals surface area contributed by atoms with Crippen molar-refractivity contribution in [1.82, 2.24) is 0 Å². The number of aliphatic hydroxyl groups is 1. The van der Waals surface area contributed by atoms with Crippen molar-refractivity contribution in [3.8, 4) is 0 Å². The van der Waals surface area contributed by atoms with Crippen LogP contribution in [0.1, 0.15) is 117 Å². The molecule has 0 aromatic rings. The second-order valence-electron chi connectivity index (χ2n) is 8.14. The third kappa shape index (κ3) is 19.9. The zero-order valence-corrected chi connectivity index (χ0v) is 20.8. The molecular formula is C23H47O7P. The van der Waals surface area contributed by atoms with E-state index in [-0.39, 0.29) is 6.61 Å². The molecule has 0 heterocycles. The molecule has 0 aliphatic heterocycles. The molecule has 0 bridgehead atoms. The van der Waals surface area contributed by atoms with Crippen molar-refractivity contribution in [3.05, 3.63) is 0 Å². The van der Waals surface area contributed by atoms with Gasteiger partial charge in [-0.2, -0.15) is 0 Å². The summed E-state index contributed by atoms with van der Waals surface area (Å²) >= 11 is 0. The molecule has 2 atom stereocenters. The van der Waals surface area contributed by atoms with Crippen LogP contribution in [0.15, 0.2) is 0 Å². The summed E-state index contributed by atoms with van der Waals surface area (Å²) < 4.78 is 25.5. The maximum Gasteiger partial charge on any atom is 0.435 e. The molecule has 0 aliphatic carbocycles. The number of hydrogen-bond donors (Lipinski definition) is 2. The first-order valence-electron chi connectivity index (χ1n) is 12.4. The Morgan fingerprint density at radius 1 is 0.774 bits per heavy atom. The minimum atomic E-state index is -4.43. The van der Waals surface area contributed by atoms with Crippen molar-refractivity contribution in [2.45, 2.75) is 123 Å². The minimum absolute atomic E-state index is 0.0822. The van der Waals surface area contributed by atoms with Gasteiger partial charge in [0.15, 0.2) is 6.29 Å². The van der Waals surface area contributed by atoms with E-state index in [1.54, 1.807) is 0 Å². The van der Waals surface area contributed by atoms with Gasteiger partial charge in [-0.3, -0.25) is 0 Å². The number of carbonyl (C=O) groups is 1. The molecule has 2 N–H and O–H groups in total. The van der Waals surface area contributed by atoms with Gasteiger partial charge in [0.25, 0.3) is 0 Å². The number of rotatable bonds is 23. The van der Waals surface area contributed by atoms with E-state index in [4.69, 9.17) is 4.74 Å². The Hall–Kier alpha value is -0.460. The second-order valence-corrected chi connectivity index (χ2v) is 9.81. The van der Waals surface area contributed by atoms with Crippen LogP contribution in [0.4, 0.5) is 4.79 Å². The minimum Gasteiger partial charge on any atom is -0.451 e. The third-order valence-electron chi connectivity index (χ3n) is 5.19. The van der Waals surface area contributed by atoms with Gasteiger partial charge >= 0.3 is 13.3 Å². The van der Waals surface area contributed by atoms with Crippen molar-refractivity contribution in [1.29, 1.82) is 0 Å². The molecule has 0 spiro atoms. The van der Waals surface area contributed by atoms with E-state index in [0.717, 1.165) is 19.3 Å². The van der Waals surface area contributed by atoms with Crippen LogP contribution in [0.3, 0.4) is 0 Å². The predicted molar refractivity (Wildman–Crippen MR) is 124 cm³/mol. The van der Waals surface area contributed by atoms with E-state index >= 15 is 0 Å². The summed E-state index contributed by atoms with van der Waals surface area (Å²) in [6, 6.07) is 0. The number of carbonyl (C=O) groups excluding carboxylic acids is 1. The molecule has 0 saturated heterocycles. The fourth-order valence-electron chi connectivity index (χ4n) is 3.37. The lowest BCUT2D eigenvalue weighted by Gasteiger charge is -2.14. The maximum atomic E-state index is 11.4. The Bertz CT molecular complexity index is 459. The first-order chi connectivity index (χ1) is 14.9. The Balaban J connectivity index is 3.34. The van der Waals surface area contributed by atoms with Crippen molar-refractivity contribution < 1.29 is 33.4 Å². The van der Waals surface area contributed by atoms with Gasteiger partial charge in [0.2, 0.25) is 0 Å². The molecule has 8 heteroatoms. The number of unbranched alkanes of at least 4 members (excludes halogenated alkanes) is 15. The SMILES string of the molecule is CCCCCCCCCCCCCCCCCCOC(O)COC(=O)P(=O)(O)OCC. The smallest absolute Gasteiger partial charge is 0.435 e. The topological polar surface area (TPSA) is 102 Å². The predicted octanol–water partition coefficient (Wildman–Crippen LogP) is 6.94. The van der Waals surface area contributed by atoms with Gasteiger partial charge < -0.3 is 24.0 Å². The van der Waals surface area contributed by atoms with E-state index in [1.807, 2.05) is 0 Å². The summed E-state index contributed by atoms with van der Waals surface area (Å²) in [4.78, 5) is 20.6. The van der Waals surface area contributed by atoms with E-state index in [2.05, 4.69) is 16.2 Å². The Labute approximate surface area is 189 Å². The standard InChI is InChI=1S/C23H47O7P/c1-3-5-6-7-8-9-10-11-12-13-14-15-16-17-18-19-20-28-22(24)21-29-23(25)31(26,27)30-4-2/h22,24H,3-21H2,1-2H3,(H,26,27). The first kappa shape index (κ1) is 30.5. The van der Waals surface area contributed by atoms with Crippen LogP contribution < -0.4 is 0 Å². The Kier molecular flexibility index (Phi) is 21.1. The molecule has 0 amide bonds. The lowest BCUT2D eigenvalue weighted by Crippen LogP contribution is -2.22. The number of hydrogen-bond acceptors (Lipinski definition) is 6. The average Bonchev–Trinajstić information content (AvgIpc) is 2.74. The lowest BCUT2D eigenvalue weighted by molar-refractivity contribution is -0.124. The summed E-state index contributed by atoms with van der Waals surface area (Å²) in [7, 11) is -4.43. The first-order valence-corrected chi connectivity index (χ1v) is 14.0. The maximum absolute atomic E-state index is 11.4. The van der Waals surface area contributed by atoms with Gasteiger partial charge in [0.1, 0.15) is 6.61 Å². The van der Waals surface area contributed by atoms with Crippen LogP contribution in [-0.4, -0.2) is 41.8 Å². The highest BCUT2D eigenvalue weighted by Gasteiger charge is 2.32. The third-order valence-corrected chi connectivity index (χ3v) is 6.39. The Morgan fingerprint density at radius 3 is 1.61 bits per heavy atom. The highest BCUT2D eigenvalue weighted by molar-refractivity contribution is 7.70. The van der Waals surface area contributed by atoms with Crippen LogP contribution in [-0.2, 0) is 18.6 Å². The largest absolute Gasteiger partial charge is 0.451 e. The molecule has 0 radical (unpaired) electrons. The molecule has 186 valence electrons. The molecule has 0 rings (SSSR count). The van der Waals surface area contributed by atoms with E-state index in [1.165, 1.54) is 90.4 Å². The summed E-state index contributed by atoms with van der Waals surface area (Å²) in [5, 5.41) is 9.61. The molecule has 0 aliphatic rings. The molecule has 0 aromatic heterocycles.